The number of aromatic nitrogens is 2. The van der Waals surface area contributed by atoms with E-state index in [9.17, 15) is 18.0 Å². The van der Waals surface area contributed by atoms with Crippen LogP contribution in [0.2, 0.25) is 0 Å². The zero-order chi connectivity index (χ0) is 12.6. The highest BCUT2D eigenvalue weighted by Gasteiger charge is 2.30. The van der Waals surface area contributed by atoms with Crippen molar-refractivity contribution in [2.75, 3.05) is 0 Å². The average Bonchev–Trinajstić information content (AvgIpc) is 2.54. The Labute approximate surface area is 94.9 Å². The van der Waals surface area contributed by atoms with Crippen molar-refractivity contribution in [3.63, 3.8) is 0 Å². The number of fused-ring (bicyclic) bond motifs is 1. The van der Waals surface area contributed by atoms with Crippen LogP contribution in [0.15, 0.2) is 23.0 Å². The van der Waals surface area contributed by atoms with E-state index in [0.29, 0.717) is 12.1 Å². The second kappa shape index (κ2) is 3.94. The molecule has 0 aliphatic rings. The van der Waals surface area contributed by atoms with Gasteiger partial charge in [-0.2, -0.15) is 13.2 Å². The minimum atomic E-state index is -4.39. The van der Waals surface area contributed by atoms with Gasteiger partial charge in [-0.3, -0.25) is 4.57 Å². The first-order valence-electron chi connectivity index (χ1n) is 5.23. The lowest BCUT2D eigenvalue weighted by Crippen LogP contribution is -2.16. The van der Waals surface area contributed by atoms with E-state index in [1.807, 2.05) is 6.92 Å². The average molecular weight is 244 g/mol. The number of nitrogens with zero attached hydrogens (tertiary/aromatic N) is 1. The van der Waals surface area contributed by atoms with Crippen LogP contribution in [0, 0.1) is 0 Å². The molecule has 0 atom stereocenters. The van der Waals surface area contributed by atoms with Crippen LogP contribution in [0.25, 0.3) is 11.0 Å². The van der Waals surface area contributed by atoms with Crippen LogP contribution in [0.1, 0.15) is 18.9 Å². The maximum Gasteiger partial charge on any atom is 0.416 e. The number of nitrogens with one attached hydrogen (secondary N) is 1. The van der Waals surface area contributed by atoms with Crippen LogP contribution in [-0.4, -0.2) is 9.55 Å². The van der Waals surface area contributed by atoms with Crippen molar-refractivity contribution in [3.8, 4) is 0 Å². The van der Waals surface area contributed by atoms with E-state index in [1.165, 1.54) is 10.6 Å². The van der Waals surface area contributed by atoms with Crippen molar-refractivity contribution in [1.29, 1.82) is 0 Å². The Bertz CT molecular complexity index is 595. The van der Waals surface area contributed by atoms with Crippen molar-refractivity contribution in [3.05, 3.63) is 34.2 Å². The summed E-state index contributed by atoms with van der Waals surface area (Å²) in [5, 5.41) is 0. The van der Waals surface area contributed by atoms with E-state index >= 15 is 0 Å². The van der Waals surface area contributed by atoms with Crippen molar-refractivity contribution in [1.82, 2.24) is 9.55 Å². The molecule has 0 bridgehead atoms. The van der Waals surface area contributed by atoms with Crippen LogP contribution >= 0.6 is 0 Å². The number of alkyl halides is 3. The van der Waals surface area contributed by atoms with Gasteiger partial charge in [0.25, 0.3) is 0 Å². The Morgan fingerprint density at radius 3 is 2.65 bits per heavy atom. The van der Waals surface area contributed by atoms with Gasteiger partial charge in [0, 0.05) is 6.54 Å². The van der Waals surface area contributed by atoms with Crippen LogP contribution in [-0.2, 0) is 12.7 Å². The second-order valence-electron chi connectivity index (χ2n) is 3.81. The molecule has 1 aromatic heterocycles. The van der Waals surface area contributed by atoms with Crippen molar-refractivity contribution in [2.24, 2.45) is 0 Å². The molecule has 0 aliphatic carbocycles. The lowest BCUT2D eigenvalue weighted by molar-refractivity contribution is -0.137. The van der Waals surface area contributed by atoms with Gasteiger partial charge in [-0.05, 0) is 24.6 Å². The monoisotopic (exact) mass is 244 g/mol. The number of hydrogen-bond acceptors (Lipinski definition) is 1. The fourth-order valence-electron chi connectivity index (χ4n) is 1.79. The lowest BCUT2D eigenvalue weighted by atomic mass is 10.2. The molecule has 0 saturated carbocycles. The summed E-state index contributed by atoms with van der Waals surface area (Å²) < 4.78 is 38.9. The van der Waals surface area contributed by atoms with Gasteiger partial charge < -0.3 is 4.98 Å². The SMILES string of the molecule is CCCn1c(=O)[nH]c2cc(C(F)(F)F)ccc21. The molecule has 2 rings (SSSR count). The Morgan fingerprint density at radius 1 is 1.35 bits per heavy atom. The van der Waals surface area contributed by atoms with Crippen LogP contribution in [0.5, 0.6) is 0 Å². The molecule has 1 heterocycles. The zero-order valence-electron chi connectivity index (χ0n) is 9.14. The van der Waals surface area contributed by atoms with Crippen LogP contribution in [0.3, 0.4) is 0 Å². The molecular formula is C11H11F3N2O. The Morgan fingerprint density at radius 2 is 2.06 bits per heavy atom. The van der Waals surface area contributed by atoms with Gasteiger partial charge >= 0.3 is 11.9 Å². The Hall–Kier alpha value is -1.72. The summed E-state index contributed by atoms with van der Waals surface area (Å²) in [4.78, 5) is 13.9. The molecule has 0 unspecified atom stereocenters. The third-order valence-corrected chi connectivity index (χ3v) is 2.55. The largest absolute Gasteiger partial charge is 0.416 e. The zero-order valence-corrected chi connectivity index (χ0v) is 9.14. The second-order valence-corrected chi connectivity index (χ2v) is 3.81. The number of hydrogen-bond donors (Lipinski definition) is 1. The smallest absolute Gasteiger partial charge is 0.306 e. The van der Waals surface area contributed by atoms with E-state index in [1.54, 1.807) is 0 Å². The molecular weight excluding hydrogens is 233 g/mol. The summed E-state index contributed by atoms with van der Waals surface area (Å²) in [7, 11) is 0. The molecule has 3 nitrogen and oxygen atoms in total. The molecule has 0 radical (unpaired) electrons. The first-order valence-corrected chi connectivity index (χ1v) is 5.23. The molecule has 0 amide bonds. The molecule has 6 heteroatoms. The molecule has 0 aliphatic heterocycles. The van der Waals surface area contributed by atoms with Crippen LogP contribution in [0.4, 0.5) is 13.2 Å². The number of imidazole rings is 1. The highest BCUT2D eigenvalue weighted by molar-refractivity contribution is 5.76. The molecule has 1 N–H and O–H groups in total. The highest BCUT2D eigenvalue weighted by atomic mass is 19.4. The molecule has 1 aromatic carbocycles. The van der Waals surface area contributed by atoms with Crippen molar-refractivity contribution < 1.29 is 13.2 Å². The predicted molar refractivity (Wildman–Crippen MR) is 57.9 cm³/mol. The summed E-state index contributed by atoms with van der Waals surface area (Å²) in [6, 6.07) is 3.27. The number of aromatic amines is 1. The lowest BCUT2D eigenvalue weighted by Gasteiger charge is -2.06. The Kier molecular flexibility index (Phi) is 2.73. The van der Waals surface area contributed by atoms with E-state index in [0.717, 1.165) is 18.6 Å². The van der Waals surface area contributed by atoms with Gasteiger partial charge in [0.2, 0.25) is 0 Å². The van der Waals surface area contributed by atoms with E-state index in [-0.39, 0.29) is 11.2 Å². The number of halogens is 3. The van der Waals surface area contributed by atoms with Gasteiger partial charge in [-0.15, -0.1) is 0 Å². The predicted octanol–water partition coefficient (Wildman–Crippen LogP) is 2.76. The van der Waals surface area contributed by atoms with E-state index < -0.39 is 11.7 Å². The van der Waals surface area contributed by atoms with E-state index in [4.69, 9.17) is 0 Å². The quantitative estimate of drug-likeness (QED) is 0.866. The molecule has 0 spiro atoms. The first kappa shape index (κ1) is 11.8. The number of rotatable bonds is 2. The van der Waals surface area contributed by atoms with Gasteiger partial charge in [0.05, 0.1) is 16.6 Å². The fourth-order valence-corrected chi connectivity index (χ4v) is 1.79. The van der Waals surface area contributed by atoms with Crippen molar-refractivity contribution >= 4 is 11.0 Å². The summed E-state index contributed by atoms with van der Waals surface area (Å²) >= 11 is 0. The first-order chi connectivity index (χ1) is 7.93. The summed E-state index contributed by atoms with van der Waals surface area (Å²) in [5.41, 5.74) is -0.404. The van der Waals surface area contributed by atoms with Gasteiger partial charge in [0.15, 0.2) is 0 Å². The molecule has 92 valence electrons. The maximum atomic E-state index is 12.5. The number of aryl methyl sites for hydroxylation is 1. The minimum absolute atomic E-state index is 0.221. The summed E-state index contributed by atoms with van der Waals surface area (Å²) in [6.07, 6.45) is -3.65. The normalized spacial score (nSPS) is 12.2. The Balaban J connectivity index is 2.62. The third kappa shape index (κ3) is 2.07. The van der Waals surface area contributed by atoms with Crippen molar-refractivity contribution in [2.45, 2.75) is 26.1 Å². The molecule has 0 fully saturated rings. The van der Waals surface area contributed by atoms with Gasteiger partial charge in [-0.25, -0.2) is 4.79 Å². The third-order valence-electron chi connectivity index (χ3n) is 2.55. The molecule has 2 aromatic rings. The topological polar surface area (TPSA) is 37.8 Å². The number of H-pyrrole nitrogens is 1. The molecule has 0 saturated heterocycles. The van der Waals surface area contributed by atoms with Gasteiger partial charge in [-0.1, -0.05) is 6.92 Å². The minimum Gasteiger partial charge on any atom is -0.306 e. The number of benzene rings is 1. The van der Waals surface area contributed by atoms with E-state index in [2.05, 4.69) is 4.98 Å². The highest BCUT2D eigenvalue weighted by Crippen LogP contribution is 2.30. The standard InChI is InChI=1S/C11H11F3N2O/c1-2-5-16-9-4-3-7(11(12,13)14)6-8(9)15-10(16)17/h3-4,6H,2,5H2,1H3,(H,15,17). The summed E-state index contributed by atoms with van der Waals surface area (Å²) in [5.74, 6) is 0. The fraction of sp³-hybridized carbons (Fsp3) is 0.364. The summed E-state index contributed by atoms with van der Waals surface area (Å²) in [6.45, 7) is 2.39. The molecule has 17 heavy (non-hydrogen) atoms. The van der Waals surface area contributed by atoms with Crippen LogP contribution < -0.4 is 5.69 Å². The van der Waals surface area contributed by atoms with Gasteiger partial charge in [0.1, 0.15) is 0 Å². The maximum absolute atomic E-state index is 12.5.